The highest BCUT2D eigenvalue weighted by Crippen LogP contribution is 2.36. The van der Waals surface area contributed by atoms with Crippen LogP contribution in [0.5, 0.6) is 5.75 Å². The van der Waals surface area contributed by atoms with Gasteiger partial charge in [0.2, 0.25) is 11.0 Å². The number of hydrogen-bond acceptors (Lipinski definition) is 8. The fourth-order valence-electron chi connectivity index (χ4n) is 2.43. The van der Waals surface area contributed by atoms with Crippen LogP contribution < -0.4 is 10.6 Å². The van der Waals surface area contributed by atoms with E-state index in [0.29, 0.717) is 21.6 Å². The van der Waals surface area contributed by atoms with Gasteiger partial charge in [-0.1, -0.05) is 17.4 Å². The van der Waals surface area contributed by atoms with Gasteiger partial charge in [-0.05, 0) is 71.7 Å². The topological polar surface area (TPSA) is 132 Å². The van der Waals surface area contributed by atoms with Gasteiger partial charge in [-0.25, -0.2) is 14.6 Å². The molecule has 0 bridgehead atoms. The molecule has 0 aliphatic rings. The first-order valence-corrected chi connectivity index (χ1v) is 10.3. The van der Waals surface area contributed by atoms with Crippen LogP contribution in [0.4, 0.5) is 14.7 Å². The van der Waals surface area contributed by atoms with Gasteiger partial charge < -0.3 is 20.3 Å². The molecule has 0 saturated heterocycles. The number of anilines is 1. The van der Waals surface area contributed by atoms with Crippen molar-refractivity contribution in [2.45, 2.75) is 59.2 Å². The number of nitrogens with zero attached hydrogens (tertiary/aromatic N) is 2. The number of thiazole rings is 1. The van der Waals surface area contributed by atoms with E-state index in [1.54, 1.807) is 53.7 Å². The molecular formula is C21H27N3O6S. The zero-order valence-corrected chi connectivity index (χ0v) is 19.2. The smallest absolute Gasteiger partial charge is 0.426 e. The Kier molecular flexibility index (Phi) is 6.95. The average molecular weight is 450 g/mol. The van der Waals surface area contributed by atoms with E-state index in [9.17, 15) is 19.5 Å². The number of nitrogens with two attached hydrogens (primary N) is 1. The summed E-state index contributed by atoms with van der Waals surface area (Å²) in [5.74, 6) is -0.702. The summed E-state index contributed by atoms with van der Waals surface area (Å²) < 4.78 is 11.2. The third-order valence-corrected chi connectivity index (χ3v) is 4.49. The van der Waals surface area contributed by atoms with E-state index in [1.807, 2.05) is 0 Å². The van der Waals surface area contributed by atoms with Gasteiger partial charge in [0.1, 0.15) is 22.5 Å². The van der Waals surface area contributed by atoms with Crippen molar-refractivity contribution in [1.29, 1.82) is 0 Å². The molecule has 2 rings (SSSR count). The largest absolute Gasteiger partial charge is 0.506 e. The van der Waals surface area contributed by atoms with Crippen LogP contribution >= 0.6 is 11.3 Å². The zero-order chi connectivity index (χ0) is 23.6. The molecule has 3 N–H and O–H groups in total. The summed E-state index contributed by atoms with van der Waals surface area (Å²) in [6.07, 6.45) is 1.27. The van der Waals surface area contributed by atoms with Crippen molar-refractivity contribution in [2.75, 3.05) is 4.90 Å². The molecule has 1 aromatic carbocycles. The lowest BCUT2D eigenvalue weighted by atomic mass is 10.1. The maximum absolute atomic E-state index is 12.8. The summed E-state index contributed by atoms with van der Waals surface area (Å²) >= 11 is 1.02. The number of fused-ring (bicyclic) bond motifs is 1. The lowest BCUT2D eigenvalue weighted by Crippen LogP contribution is -2.43. The molecule has 3 amide bonds. The molecule has 0 aliphatic heterocycles. The fourth-order valence-corrected chi connectivity index (χ4v) is 3.46. The Bertz CT molecular complexity index is 1000. The quantitative estimate of drug-likeness (QED) is 0.666. The Hall–Kier alpha value is -3.14. The second kappa shape index (κ2) is 8.93. The van der Waals surface area contributed by atoms with Gasteiger partial charge in [0, 0.05) is 0 Å². The van der Waals surface area contributed by atoms with Gasteiger partial charge in [0.05, 0.1) is 4.70 Å². The van der Waals surface area contributed by atoms with Crippen LogP contribution in [0.1, 0.15) is 47.1 Å². The minimum atomic E-state index is -0.940. The van der Waals surface area contributed by atoms with Gasteiger partial charge in [-0.3, -0.25) is 4.79 Å². The standard InChI is InChI=1S/C21H27N3O6S/c1-20(2,3)29-18(27)24(19(28)30-21(4,5)6)17-23-16-13(25)10-12(11-14(16)31-17)8-7-9-15(22)26/h7,9-11,25H,8H2,1-6H3,(H2,22,26)/b9-7+. The average Bonchev–Trinajstić information content (AvgIpc) is 2.95. The monoisotopic (exact) mass is 449 g/mol. The molecule has 0 spiro atoms. The van der Waals surface area contributed by atoms with Crippen molar-refractivity contribution in [3.05, 3.63) is 29.8 Å². The van der Waals surface area contributed by atoms with Crippen molar-refractivity contribution in [3.63, 3.8) is 0 Å². The first-order chi connectivity index (χ1) is 14.2. The van der Waals surface area contributed by atoms with E-state index in [4.69, 9.17) is 15.2 Å². The number of phenolic OH excluding ortho intramolecular Hbond substituents is 1. The normalized spacial score (nSPS) is 12.2. The Labute approximate surface area is 184 Å². The summed E-state index contributed by atoms with van der Waals surface area (Å²) in [7, 11) is 0. The Balaban J connectivity index is 2.48. The lowest BCUT2D eigenvalue weighted by Gasteiger charge is -2.27. The number of hydrogen-bond donors (Lipinski definition) is 2. The maximum Gasteiger partial charge on any atom is 0.426 e. The highest BCUT2D eigenvalue weighted by molar-refractivity contribution is 7.22. The molecule has 0 unspecified atom stereocenters. The minimum Gasteiger partial charge on any atom is -0.506 e. The highest BCUT2D eigenvalue weighted by Gasteiger charge is 2.35. The molecule has 0 saturated carbocycles. The van der Waals surface area contributed by atoms with Gasteiger partial charge >= 0.3 is 12.2 Å². The van der Waals surface area contributed by atoms with Crippen LogP contribution in [0.15, 0.2) is 24.3 Å². The molecular weight excluding hydrogens is 422 g/mol. The molecule has 0 atom stereocenters. The first-order valence-electron chi connectivity index (χ1n) is 9.51. The summed E-state index contributed by atoms with van der Waals surface area (Å²) in [5.41, 5.74) is 4.29. The van der Waals surface area contributed by atoms with Gasteiger partial charge in [-0.15, -0.1) is 0 Å². The third-order valence-electron chi connectivity index (χ3n) is 3.50. The number of benzene rings is 1. The number of phenols is 1. The molecule has 1 aromatic heterocycles. The molecule has 2 aromatic rings. The van der Waals surface area contributed by atoms with Crippen molar-refractivity contribution >= 4 is 44.8 Å². The number of amides is 3. The van der Waals surface area contributed by atoms with E-state index < -0.39 is 29.3 Å². The van der Waals surface area contributed by atoms with Crippen LogP contribution in [0, 0.1) is 0 Å². The molecule has 10 heteroatoms. The van der Waals surface area contributed by atoms with E-state index >= 15 is 0 Å². The minimum absolute atomic E-state index is 0.00127. The van der Waals surface area contributed by atoms with Gasteiger partial charge in [0.15, 0.2) is 0 Å². The van der Waals surface area contributed by atoms with Crippen molar-refractivity contribution in [3.8, 4) is 5.75 Å². The predicted octanol–water partition coefficient (Wildman–Crippen LogP) is 4.26. The van der Waals surface area contributed by atoms with Crippen molar-refractivity contribution in [2.24, 2.45) is 5.73 Å². The van der Waals surface area contributed by atoms with Crippen LogP contribution in [0.25, 0.3) is 10.2 Å². The Morgan fingerprint density at radius 1 is 1.10 bits per heavy atom. The number of primary amides is 1. The second-order valence-corrected chi connectivity index (χ2v) is 9.77. The number of rotatable bonds is 4. The second-order valence-electron chi connectivity index (χ2n) is 8.76. The number of allylic oxidation sites excluding steroid dienone is 1. The number of imide groups is 1. The van der Waals surface area contributed by atoms with Gasteiger partial charge in [0.25, 0.3) is 0 Å². The highest BCUT2D eigenvalue weighted by atomic mass is 32.1. The molecule has 31 heavy (non-hydrogen) atoms. The SMILES string of the molecule is CC(C)(C)OC(=O)N(C(=O)OC(C)(C)C)c1nc2c(O)cc(C/C=C/C(N)=O)cc2s1. The van der Waals surface area contributed by atoms with Crippen molar-refractivity contribution < 1.29 is 29.0 Å². The summed E-state index contributed by atoms with van der Waals surface area (Å²) in [5, 5.41) is 10.4. The number of aromatic nitrogens is 1. The maximum atomic E-state index is 12.8. The van der Waals surface area contributed by atoms with E-state index in [1.165, 1.54) is 12.1 Å². The Morgan fingerprint density at radius 3 is 2.13 bits per heavy atom. The fraction of sp³-hybridized carbons (Fsp3) is 0.429. The predicted molar refractivity (Wildman–Crippen MR) is 118 cm³/mol. The molecule has 0 radical (unpaired) electrons. The van der Waals surface area contributed by atoms with E-state index in [2.05, 4.69) is 4.98 Å². The van der Waals surface area contributed by atoms with Crippen LogP contribution in [0.2, 0.25) is 0 Å². The van der Waals surface area contributed by atoms with E-state index in [0.717, 1.165) is 11.3 Å². The molecule has 168 valence electrons. The van der Waals surface area contributed by atoms with Crippen LogP contribution in [-0.2, 0) is 20.7 Å². The summed E-state index contributed by atoms with van der Waals surface area (Å²) in [6.45, 7) is 10.0. The Morgan fingerprint density at radius 2 is 1.65 bits per heavy atom. The van der Waals surface area contributed by atoms with Crippen molar-refractivity contribution in [1.82, 2.24) is 4.98 Å². The van der Waals surface area contributed by atoms with Gasteiger partial charge in [-0.2, -0.15) is 4.90 Å². The summed E-state index contributed by atoms with van der Waals surface area (Å²) in [6, 6.07) is 3.23. The number of aromatic hydroxyl groups is 1. The molecule has 1 heterocycles. The molecule has 0 fully saturated rings. The first kappa shape index (κ1) is 24.1. The number of ether oxygens (including phenoxy) is 2. The number of carbonyl (C=O) groups is 3. The third kappa shape index (κ3) is 6.95. The van der Waals surface area contributed by atoms with Crippen LogP contribution in [0.3, 0.4) is 0 Å². The van der Waals surface area contributed by atoms with Crippen LogP contribution in [-0.4, -0.2) is 39.4 Å². The molecule has 0 aliphatic carbocycles. The lowest BCUT2D eigenvalue weighted by molar-refractivity contribution is -0.113. The van der Waals surface area contributed by atoms with E-state index in [-0.39, 0.29) is 16.4 Å². The summed E-state index contributed by atoms with van der Waals surface area (Å²) in [4.78, 5) is 41.4. The zero-order valence-electron chi connectivity index (χ0n) is 18.4. The molecule has 9 nitrogen and oxygen atoms in total. The number of carbonyl (C=O) groups excluding carboxylic acids is 3.